The molecule has 1 aliphatic heterocycles. The van der Waals surface area contributed by atoms with Crippen molar-refractivity contribution >= 4 is 16.8 Å². The number of hydrogen-bond donors (Lipinski definition) is 2. The number of nitrogens with one attached hydrogen (secondary N) is 1. The molecule has 6 heteroatoms. The van der Waals surface area contributed by atoms with Crippen LogP contribution in [-0.4, -0.2) is 53.1 Å². The smallest absolute Gasteiger partial charge is 0.265 e. The van der Waals surface area contributed by atoms with E-state index in [4.69, 9.17) is 5.73 Å². The minimum Gasteiger partial charge on any atom is -0.364 e. The Kier molecular flexibility index (Phi) is 4.69. The SMILES string of the molecule is NC(=O)c1cc2cc(-c3ccncc3)ccc2n1CCN1CCNCC1. The third kappa shape index (κ3) is 3.34. The van der Waals surface area contributed by atoms with E-state index in [0.717, 1.165) is 61.3 Å². The van der Waals surface area contributed by atoms with Crippen molar-refractivity contribution in [3.63, 3.8) is 0 Å². The van der Waals surface area contributed by atoms with Gasteiger partial charge in [0.25, 0.3) is 5.91 Å². The highest BCUT2D eigenvalue weighted by atomic mass is 16.1. The van der Waals surface area contributed by atoms with Crippen molar-refractivity contribution in [2.24, 2.45) is 5.73 Å². The monoisotopic (exact) mass is 349 g/mol. The molecule has 6 nitrogen and oxygen atoms in total. The first-order chi connectivity index (χ1) is 12.7. The predicted molar refractivity (Wildman–Crippen MR) is 103 cm³/mol. The Bertz CT molecular complexity index is 913. The van der Waals surface area contributed by atoms with Crippen LogP contribution < -0.4 is 11.1 Å². The third-order valence-corrected chi connectivity index (χ3v) is 5.02. The van der Waals surface area contributed by atoms with Crippen molar-refractivity contribution in [1.29, 1.82) is 0 Å². The lowest BCUT2D eigenvalue weighted by molar-refractivity contribution is 0.0991. The van der Waals surface area contributed by atoms with Gasteiger partial charge in [0.05, 0.1) is 0 Å². The highest BCUT2D eigenvalue weighted by molar-refractivity contribution is 5.98. The zero-order valence-corrected chi connectivity index (χ0v) is 14.7. The van der Waals surface area contributed by atoms with Gasteiger partial charge in [-0.2, -0.15) is 0 Å². The molecule has 0 atom stereocenters. The molecule has 1 saturated heterocycles. The predicted octanol–water partition coefficient (Wildman–Crippen LogP) is 1.71. The second-order valence-corrected chi connectivity index (χ2v) is 6.65. The van der Waals surface area contributed by atoms with Gasteiger partial charge in [-0.3, -0.25) is 14.7 Å². The first-order valence-electron chi connectivity index (χ1n) is 8.99. The van der Waals surface area contributed by atoms with Crippen LogP contribution >= 0.6 is 0 Å². The molecule has 0 spiro atoms. The van der Waals surface area contributed by atoms with Gasteiger partial charge in [0.1, 0.15) is 5.69 Å². The summed E-state index contributed by atoms with van der Waals surface area (Å²) in [6.45, 7) is 5.79. The molecule has 1 amide bonds. The van der Waals surface area contributed by atoms with Crippen LogP contribution in [0.5, 0.6) is 0 Å². The normalized spacial score (nSPS) is 15.4. The molecule has 26 heavy (non-hydrogen) atoms. The molecule has 3 aromatic rings. The Hall–Kier alpha value is -2.70. The summed E-state index contributed by atoms with van der Waals surface area (Å²) in [5.41, 5.74) is 9.48. The van der Waals surface area contributed by atoms with E-state index in [2.05, 4.69) is 38.0 Å². The van der Waals surface area contributed by atoms with Crippen LogP contribution in [0.4, 0.5) is 0 Å². The van der Waals surface area contributed by atoms with E-state index in [1.807, 2.05) is 18.2 Å². The summed E-state index contributed by atoms with van der Waals surface area (Å²) >= 11 is 0. The number of piperazine rings is 1. The molecule has 2 aromatic heterocycles. The summed E-state index contributed by atoms with van der Waals surface area (Å²) in [6.07, 6.45) is 3.57. The Morgan fingerprint density at radius 1 is 1.04 bits per heavy atom. The molecule has 3 heterocycles. The topological polar surface area (TPSA) is 76.2 Å². The van der Waals surface area contributed by atoms with Gasteiger partial charge in [-0.15, -0.1) is 0 Å². The molecule has 1 aliphatic rings. The van der Waals surface area contributed by atoms with Gasteiger partial charge in [-0.1, -0.05) is 6.07 Å². The molecule has 4 rings (SSSR count). The van der Waals surface area contributed by atoms with Gasteiger partial charge in [0.15, 0.2) is 0 Å². The minimum absolute atomic E-state index is 0.382. The van der Waals surface area contributed by atoms with Crippen molar-refractivity contribution in [3.05, 3.63) is 54.5 Å². The summed E-state index contributed by atoms with van der Waals surface area (Å²) < 4.78 is 2.05. The first-order valence-corrected chi connectivity index (χ1v) is 8.99. The summed E-state index contributed by atoms with van der Waals surface area (Å²) in [4.78, 5) is 18.5. The van der Waals surface area contributed by atoms with E-state index in [9.17, 15) is 4.79 Å². The average molecular weight is 349 g/mol. The molecule has 3 N–H and O–H groups in total. The minimum atomic E-state index is -0.382. The van der Waals surface area contributed by atoms with Crippen LogP contribution in [0.3, 0.4) is 0 Å². The maximum Gasteiger partial charge on any atom is 0.265 e. The number of benzene rings is 1. The fourth-order valence-electron chi connectivity index (χ4n) is 3.62. The summed E-state index contributed by atoms with van der Waals surface area (Å²) in [7, 11) is 0. The van der Waals surface area contributed by atoms with Gasteiger partial charge < -0.3 is 15.6 Å². The molecule has 1 fully saturated rings. The average Bonchev–Trinajstić information content (AvgIpc) is 3.06. The molecule has 134 valence electrons. The van der Waals surface area contributed by atoms with Crippen LogP contribution in [0, 0.1) is 0 Å². The van der Waals surface area contributed by atoms with Crippen LogP contribution in [0.2, 0.25) is 0 Å². The quantitative estimate of drug-likeness (QED) is 0.735. The molecule has 0 saturated carbocycles. The van der Waals surface area contributed by atoms with E-state index in [1.165, 1.54) is 0 Å². The van der Waals surface area contributed by atoms with E-state index in [-0.39, 0.29) is 5.91 Å². The molecular weight excluding hydrogens is 326 g/mol. The number of pyridine rings is 1. The maximum absolute atomic E-state index is 12.0. The number of nitrogens with zero attached hydrogens (tertiary/aromatic N) is 3. The number of amides is 1. The zero-order chi connectivity index (χ0) is 17.9. The number of fused-ring (bicyclic) bond motifs is 1. The number of aromatic nitrogens is 2. The number of primary amides is 1. The van der Waals surface area contributed by atoms with Gasteiger partial charge >= 0.3 is 0 Å². The second-order valence-electron chi connectivity index (χ2n) is 6.65. The van der Waals surface area contributed by atoms with Crippen LogP contribution in [0.1, 0.15) is 10.5 Å². The molecule has 0 aliphatic carbocycles. The lowest BCUT2D eigenvalue weighted by Gasteiger charge is -2.27. The molecule has 0 bridgehead atoms. The van der Waals surface area contributed by atoms with Crippen molar-refractivity contribution < 1.29 is 4.79 Å². The number of nitrogens with two attached hydrogens (primary N) is 1. The third-order valence-electron chi connectivity index (χ3n) is 5.02. The first kappa shape index (κ1) is 16.8. The standard InChI is InChI=1S/C20H23N5O/c21-20(26)19-14-17-13-16(15-3-5-22-6-4-15)1-2-18(17)25(19)12-11-24-9-7-23-8-10-24/h1-6,13-14,23H,7-12H2,(H2,21,26). The molecule has 1 aromatic carbocycles. The van der Waals surface area contributed by atoms with Crippen LogP contribution in [0.25, 0.3) is 22.0 Å². The van der Waals surface area contributed by atoms with Crippen molar-refractivity contribution in [1.82, 2.24) is 19.8 Å². The Morgan fingerprint density at radius 3 is 2.54 bits per heavy atom. The lowest BCUT2D eigenvalue weighted by Crippen LogP contribution is -2.44. The van der Waals surface area contributed by atoms with Gasteiger partial charge in [0.2, 0.25) is 0 Å². The summed E-state index contributed by atoms with van der Waals surface area (Å²) in [5.74, 6) is -0.382. The summed E-state index contributed by atoms with van der Waals surface area (Å²) in [5, 5.41) is 4.40. The number of carbonyl (C=O) groups is 1. The van der Waals surface area contributed by atoms with E-state index in [0.29, 0.717) is 5.69 Å². The zero-order valence-electron chi connectivity index (χ0n) is 14.7. The van der Waals surface area contributed by atoms with Crippen molar-refractivity contribution in [3.8, 4) is 11.1 Å². The van der Waals surface area contributed by atoms with Crippen LogP contribution in [-0.2, 0) is 6.54 Å². The van der Waals surface area contributed by atoms with E-state index < -0.39 is 0 Å². The highest BCUT2D eigenvalue weighted by Crippen LogP contribution is 2.26. The summed E-state index contributed by atoms with van der Waals surface area (Å²) in [6, 6.07) is 12.1. The van der Waals surface area contributed by atoms with Crippen molar-refractivity contribution in [2.75, 3.05) is 32.7 Å². The van der Waals surface area contributed by atoms with E-state index in [1.54, 1.807) is 12.4 Å². The number of rotatable bonds is 5. The maximum atomic E-state index is 12.0. The number of hydrogen-bond acceptors (Lipinski definition) is 4. The van der Waals surface area contributed by atoms with Crippen molar-refractivity contribution in [2.45, 2.75) is 6.54 Å². The Balaban J connectivity index is 1.66. The van der Waals surface area contributed by atoms with Crippen LogP contribution in [0.15, 0.2) is 48.8 Å². The van der Waals surface area contributed by atoms with Gasteiger partial charge in [0, 0.05) is 62.6 Å². The lowest BCUT2D eigenvalue weighted by atomic mass is 10.1. The van der Waals surface area contributed by atoms with Gasteiger partial charge in [-0.25, -0.2) is 0 Å². The van der Waals surface area contributed by atoms with Gasteiger partial charge in [-0.05, 0) is 41.5 Å². The fraction of sp³-hybridized carbons (Fsp3) is 0.300. The molecular formula is C20H23N5O. The largest absolute Gasteiger partial charge is 0.364 e. The number of carbonyl (C=O) groups excluding carboxylic acids is 1. The second kappa shape index (κ2) is 7.27. The Morgan fingerprint density at radius 2 is 1.81 bits per heavy atom. The Labute approximate surface area is 152 Å². The molecule has 0 unspecified atom stereocenters. The van der Waals surface area contributed by atoms with E-state index >= 15 is 0 Å². The highest BCUT2D eigenvalue weighted by Gasteiger charge is 2.16. The molecule has 0 radical (unpaired) electrons. The fourth-order valence-corrected chi connectivity index (χ4v) is 3.62.